The van der Waals surface area contributed by atoms with Crippen LogP contribution in [-0.4, -0.2) is 16.4 Å². The Morgan fingerprint density at radius 1 is 1.45 bits per heavy atom. The quantitative estimate of drug-likeness (QED) is 0.449. The third-order valence-electron chi connectivity index (χ3n) is 4.00. The number of nitrogens with two attached hydrogens (primary N) is 1. The molecule has 2 N–H and O–H groups in total. The van der Waals surface area contributed by atoms with E-state index in [9.17, 15) is 0 Å². The minimum atomic E-state index is 0.469. The van der Waals surface area contributed by atoms with Gasteiger partial charge in [0.2, 0.25) is 0 Å². The molecule has 3 heterocycles. The highest BCUT2D eigenvalue weighted by Gasteiger charge is 2.21. The number of amidine groups is 1. The Labute approximate surface area is 133 Å². The lowest BCUT2D eigenvalue weighted by Gasteiger charge is -2.02. The monoisotopic (exact) mass is 311 g/mol. The molecule has 0 saturated heterocycles. The van der Waals surface area contributed by atoms with Crippen LogP contribution in [0.25, 0.3) is 10.9 Å². The molecular weight excluding hydrogens is 292 g/mol. The summed E-state index contributed by atoms with van der Waals surface area (Å²) in [6.07, 6.45) is 8.75. The van der Waals surface area contributed by atoms with Crippen LogP contribution in [0.5, 0.6) is 0 Å². The fourth-order valence-electron chi connectivity index (χ4n) is 2.60. The number of nitrogens with zero attached hydrogens (tertiary/aromatic N) is 3. The van der Waals surface area contributed by atoms with Crippen molar-refractivity contribution in [1.82, 2.24) is 4.57 Å². The fraction of sp³-hybridized carbons (Fsp3) is 0.294. The topological polar surface area (TPSA) is 47.2 Å². The Kier molecular flexibility index (Phi) is 3.22. The van der Waals surface area contributed by atoms with Crippen LogP contribution in [0.4, 0.5) is 0 Å². The van der Waals surface area contributed by atoms with Gasteiger partial charge in [0.1, 0.15) is 18.4 Å². The molecule has 0 aliphatic heterocycles. The van der Waals surface area contributed by atoms with Crippen LogP contribution in [0.3, 0.4) is 0 Å². The van der Waals surface area contributed by atoms with E-state index in [-0.39, 0.29) is 0 Å². The summed E-state index contributed by atoms with van der Waals surface area (Å²) in [5.74, 6) is 0.689. The summed E-state index contributed by atoms with van der Waals surface area (Å²) in [5.41, 5.74) is 8.39. The number of hydrogen-bond acceptors (Lipinski definition) is 2. The van der Waals surface area contributed by atoms with E-state index in [4.69, 9.17) is 5.73 Å². The highest BCUT2D eigenvalue weighted by molar-refractivity contribution is 7.10. The lowest BCUT2D eigenvalue weighted by molar-refractivity contribution is -0.670. The number of rotatable bonds is 4. The van der Waals surface area contributed by atoms with Gasteiger partial charge < -0.3 is 10.3 Å². The third kappa shape index (κ3) is 2.64. The van der Waals surface area contributed by atoms with E-state index in [0.29, 0.717) is 11.9 Å². The molecule has 0 aromatic carbocycles. The fourth-order valence-corrected chi connectivity index (χ4v) is 3.48. The molecule has 1 aliphatic rings. The van der Waals surface area contributed by atoms with Crippen LogP contribution in [0, 0.1) is 0 Å². The van der Waals surface area contributed by atoms with Crippen LogP contribution in [0.2, 0.25) is 0 Å². The maximum atomic E-state index is 6.08. The van der Waals surface area contributed by atoms with E-state index in [1.54, 1.807) is 11.3 Å². The predicted octanol–water partition coefficient (Wildman–Crippen LogP) is 2.44. The Morgan fingerprint density at radius 3 is 3.14 bits per heavy atom. The van der Waals surface area contributed by atoms with E-state index in [0.717, 1.165) is 12.1 Å². The van der Waals surface area contributed by atoms with Crippen molar-refractivity contribution in [3.8, 4) is 0 Å². The van der Waals surface area contributed by atoms with E-state index < -0.39 is 0 Å². The number of pyridine rings is 1. The Balaban J connectivity index is 1.60. The van der Waals surface area contributed by atoms with Crippen molar-refractivity contribution in [2.75, 3.05) is 0 Å². The lowest BCUT2D eigenvalue weighted by atomic mass is 10.3. The maximum Gasteiger partial charge on any atom is 0.193 e. The Morgan fingerprint density at radius 2 is 2.32 bits per heavy atom. The van der Waals surface area contributed by atoms with Gasteiger partial charge in [-0.05, 0) is 25.0 Å². The summed E-state index contributed by atoms with van der Waals surface area (Å²) in [5, 5.41) is 3.38. The first-order chi connectivity index (χ1) is 10.7. The number of aryl methyl sites for hydroxylation is 1. The van der Waals surface area contributed by atoms with Crippen LogP contribution < -0.4 is 10.3 Å². The number of fused-ring (bicyclic) bond motifs is 1. The van der Waals surface area contributed by atoms with Gasteiger partial charge in [-0.25, -0.2) is 4.57 Å². The Hall–Kier alpha value is -2.14. The van der Waals surface area contributed by atoms with Gasteiger partial charge in [0.15, 0.2) is 12.4 Å². The lowest BCUT2D eigenvalue weighted by Crippen LogP contribution is -2.26. The molecule has 0 radical (unpaired) electrons. The molecule has 22 heavy (non-hydrogen) atoms. The standard InChI is InChI=1S/C17H19N4S/c1-20-6-4-12-5-7-21(16(12)10-20)9-15-8-13(11-22-15)17(18)19-14-2-3-14/h4-8,10-11,14H,2-3,9H2,1H3,(H2,18,19)/q+1. The first-order valence-corrected chi connectivity index (χ1v) is 8.42. The number of hydrogen-bond donors (Lipinski definition) is 1. The van der Waals surface area contributed by atoms with E-state index in [1.807, 2.05) is 0 Å². The van der Waals surface area contributed by atoms with Crippen LogP contribution in [0.15, 0.2) is 47.2 Å². The molecule has 4 nitrogen and oxygen atoms in total. The molecule has 112 valence electrons. The summed E-state index contributed by atoms with van der Waals surface area (Å²) in [4.78, 5) is 5.82. The van der Waals surface area contributed by atoms with Crippen molar-refractivity contribution in [3.05, 3.63) is 52.6 Å². The van der Waals surface area contributed by atoms with Crippen molar-refractivity contribution < 1.29 is 4.57 Å². The molecule has 1 aliphatic carbocycles. The van der Waals surface area contributed by atoms with Crippen molar-refractivity contribution >= 4 is 28.1 Å². The molecule has 1 saturated carbocycles. The summed E-state index contributed by atoms with van der Waals surface area (Å²) in [7, 11) is 2.05. The average Bonchev–Trinajstić information content (AvgIpc) is 3.05. The third-order valence-corrected chi connectivity index (χ3v) is 4.92. The molecular formula is C17H19N4S+. The molecule has 0 atom stereocenters. The predicted molar refractivity (Wildman–Crippen MR) is 90.3 cm³/mol. The van der Waals surface area contributed by atoms with Gasteiger partial charge in [-0.1, -0.05) is 0 Å². The smallest absolute Gasteiger partial charge is 0.193 e. The minimum Gasteiger partial charge on any atom is -0.383 e. The highest BCUT2D eigenvalue weighted by Crippen LogP contribution is 2.25. The van der Waals surface area contributed by atoms with Crippen LogP contribution >= 0.6 is 11.3 Å². The molecule has 0 bridgehead atoms. The molecule has 3 aromatic rings. The van der Waals surface area contributed by atoms with Gasteiger partial charge in [-0.3, -0.25) is 4.99 Å². The second kappa shape index (κ2) is 5.25. The normalized spacial score (nSPS) is 15.6. The number of thiophene rings is 1. The molecule has 4 rings (SSSR count). The molecule has 0 spiro atoms. The summed E-state index contributed by atoms with van der Waals surface area (Å²) < 4.78 is 4.36. The van der Waals surface area contributed by atoms with Gasteiger partial charge in [0, 0.05) is 33.5 Å². The first kappa shape index (κ1) is 13.5. The van der Waals surface area contributed by atoms with Crippen molar-refractivity contribution in [3.63, 3.8) is 0 Å². The second-order valence-electron chi connectivity index (χ2n) is 5.94. The Bertz CT molecular complexity index is 855. The number of aliphatic imine (C=N–C) groups is 1. The first-order valence-electron chi connectivity index (χ1n) is 7.54. The van der Waals surface area contributed by atoms with E-state index in [2.05, 4.69) is 63.3 Å². The zero-order valence-corrected chi connectivity index (χ0v) is 13.4. The SMILES string of the molecule is C[n+]1ccc2ccn(Cc3cc(C(N)=NC4CC4)cs3)c2c1. The zero-order chi connectivity index (χ0) is 15.1. The summed E-state index contributed by atoms with van der Waals surface area (Å²) in [6, 6.07) is 6.94. The molecule has 1 fully saturated rings. The number of aromatic nitrogens is 2. The van der Waals surface area contributed by atoms with E-state index >= 15 is 0 Å². The molecule has 3 aromatic heterocycles. The maximum absolute atomic E-state index is 6.08. The van der Waals surface area contributed by atoms with Gasteiger partial charge in [-0.2, -0.15) is 0 Å². The summed E-state index contributed by atoms with van der Waals surface area (Å²) >= 11 is 1.75. The zero-order valence-electron chi connectivity index (χ0n) is 12.6. The molecule has 0 unspecified atom stereocenters. The van der Waals surface area contributed by atoms with Gasteiger partial charge >= 0.3 is 0 Å². The van der Waals surface area contributed by atoms with Gasteiger partial charge in [-0.15, -0.1) is 11.3 Å². The average molecular weight is 311 g/mol. The van der Waals surface area contributed by atoms with Crippen LogP contribution in [0.1, 0.15) is 23.3 Å². The van der Waals surface area contributed by atoms with Gasteiger partial charge in [0.25, 0.3) is 0 Å². The van der Waals surface area contributed by atoms with E-state index in [1.165, 1.54) is 28.6 Å². The van der Waals surface area contributed by atoms with Gasteiger partial charge in [0.05, 0.1) is 12.6 Å². The largest absolute Gasteiger partial charge is 0.383 e. The highest BCUT2D eigenvalue weighted by atomic mass is 32.1. The van der Waals surface area contributed by atoms with Crippen molar-refractivity contribution in [2.24, 2.45) is 17.8 Å². The van der Waals surface area contributed by atoms with Crippen molar-refractivity contribution in [1.29, 1.82) is 0 Å². The summed E-state index contributed by atoms with van der Waals surface area (Å²) in [6.45, 7) is 0.870. The minimum absolute atomic E-state index is 0.469. The molecule has 0 amide bonds. The second-order valence-corrected chi connectivity index (χ2v) is 6.94. The molecule has 5 heteroatoms. The van der Waals surface area contributed by atoms with Crippen molar-refractivity contribution in [2.45, 2.75) is 25.4 Å². The van der Waals surface area contributed by atoms with Crippen LogP contribution in [-0.2, 0) is 13.6 Å².